The summed E-state index contributed by atoms with van der Waals surface area (Å²) >= 11 is 13.2. The second kappa shape index (κ2) is 5.65. The van der Waals surface area contributed by atoms with Crippen molar-refractivity contribution >= 4 is 40.8 Å². The molecule has 2 rings (SSSR count). The molecule has 1 aromatic heterocycles. The lowest BCUT2D eigenvalue weighted by molar-refractivity contribution is 0.456. The van der Waals surface area contributed by atoms with E-state index in [1.165, 1.54) is 17.8 Å². The zero-order chi connectivity index (χ0) is 13.1. The van der Waals surface area contributed by atoms with E-state index in [-0.39, 0.29) is 0 Å². The lowest BCUT2D eigenvalue weighted by Gasteiger charge is -2.08. The van der Waals surface area contributed by atoms with Crippen LogP contribution in [0, 0.1) is 0 Å². The van der Waals surface area contributed by atoms with Crippen molar-refractivity contribution < 1.29 is 4.74 Å². The van der Waals surface area contributed by atoms with Gasteiger partial charge in [0.15, 0.2) is 5.16 Å². The molecule has 18 heavy (non-hydrogen) atoms. The first-order valence-corrected chi connectivity index (χ1v) is 6.88. The van der Waals surface area contributed by atoms with Gasteiger partial charge in [0, 0.05) is 17.2 Å². The van der Waals surface area contributed by atoms with Crippen molar-refractivity contribution in [2.75, 3.05) is 12.0 Å². The lowest BCUT2D eigenvalue weighted by atomic mass is 10.3. The second-order valence-corrected chi connectivity index (χ2v) is 4.91. The molecular formula is C11H9Cl2N3OS. The highest BCUT2D eigenvalue weighted by Crippen LogP contribution is 2.31. The van der Waals surface area contributed by atoms with E-state index in [1.807, 2.05) is 6.26 Å². The van der Waals surface area contributed by atoms with E-state index in [0.717, 1.165) is 0 Å². The molecule has 4 nitrogen and oxygen atoms in total. The molecule has 0 fully saturated rings. The molecule has 0 radical (unpaired) electrons. The number of rotatable bonds is 3. The normalized spacial score (nSPS) is 10.4. The molecule has 94 valence electrons. The van der Waals surface area contributed by atoms with Crippen LogP contribution in [-0.4, -0.2) is 16.2 Å². The molecule has 0 aliphatic rings. The predicted octanol–water partition coefficient (Wildman–Crippen LogP) is 3.88. The lowest BCUT2D eigenvalue weighted by Crippen LogP contribution is -1.97. The summed E-state index contributed by atoms with van der Waals surface area (Å²) in [5.41, 5.74) is 5.65. The van der Waals surface area contributed by atoms with Gasteiger partial charge in [-0.05, 0) is 18.4 Å². The van der Waals surface area contributed by atoms with Crippen LogP contribution in [0.2, 0.25) is 10.0 Å². The van der Waals surface area contributed by atoms with Crippen LogP contribution in [0.25, 0.3) is 0 Å². The summed E-state index contributed by atoms with van der Waals surface area (Å²) in [4.78, 5) is 8.19. The van der Waals surface area contributed by atoms with E-state index >= 15 is 0 Å². The topological polar surface area (TPSA) is 61.0 Å². The Morgan fingerprint density at radius 3 is 2.72 bits per heavy atom. The number of ether oxygens (including phenoxy) is 1. The molecular weight excluding hydrogens is 293 g/mol. The van der Waals surface area contributed by atoms with E-state index < -0.39 is 0 Å². The van der Waals surface area contributed by atoms with Gasteiger partial charge in [-0.1, -0.05) is 35.0 Å². The molecule has 0 unspecified atom stereocenters. The van der Waals surface area contributed by atoms with Crippen LogP contribution in [0.1, 0.15) is 0 Å². The molecule has 2 aromatic rings. The van der Waals surface area contributed by atoms with Gasteiger partial charge in [-0.15, -0.1) is 0 Å². The third-order valence-corrected chi connectivity index (χ3v) is 3.09. The van der Waals surface area contributed by atoms with E-state index in [1.54, 1.807) is 18.2 Å². The second-order valence-electron chi connectivity index (χ2n) is 3.29. The number of nitrogen functional groups attached to an aromatic ring is 1. The first kappa shape index (κ1) is 13.3. The Labute approximate surface area is 118 Å². The first-order valence-electron chi connectivity index (χ1n) is 4.90. The van der Waals surface area contributed by atoms with E-state index in [4.69, 9.17) is 33.7 Å². The van der Waals surface area contributed by atoms with Crippen molar-refractivity contribution in [2.24, 2.45) is 0 Å². The Balaban J connectivity index is 2.33. The molecule has 1 aromatic carbocycles. The number of thioether (sulfide) groups is 1. The predicted molar refractivity (Wildman–Crippen MR) is 74.8 cm³/mol. The van der Waals surface area contributed by atoms with Crippen LogP contribution < -0.4 is 10.5 Å². The summed E-state index contributed by atoms with van der Waals surface area (Å²) < 4.78 is 5.55. The molecule has 0 spiro atoms. The molecule has 0 atom stereocenters. The Bertz CT molecular complexity index is 580. The summed E-state index contributed by atoms with van der Waals surface area (Å²) in [5.74, 6) is 1.09. The molecule has 1 heterocycles. The molecule has 0 amide bonds. The molecule has 0 saturated heterocycles. The third kappa shape index (κ3) is 3.19. The van der Waals surface area contributed by atoms with Crippen LogP contribution in [0.4, 0.5) is 5.82 Å². The summed E-state index contributed by atoms with van der Waals surface area (Å²) in [6, 6.07) is 6.47. The standard InChI is InChI=1S/C11H9Cl2N3OS/c1-18-11-15-9(14)5-10(16-11)17-8-4-6(12)2-3-7(8)13/h2-5H,1H3,(H2,14,15,16). The van der Waals surface area contributed by atoms with Crippen molar-refractivity contribution in [3.63, 3.8) is 0 Å². The zero-order valence-electron chi connectivity index (χ0n) is 9.35. The fourth-order valence-electron chi connectivity index (χ4n) is 1.23. The van der Waals surface area contributed by atoms with Crippen LogP contribution >= 0.6 is 35.0 Å². The van der Waals surface area contributed by atoms with Gasteiger partial charge in [-0.2, -0.15) is 4.98 Å². The number of hydrogen-bond donors (Lipinski definition) is 1. The Morgan fingerprint density at radius 1 is 1.22 bits per heavy atom. The van der Waals surface area contributed by atoms with Gasteiger partial charge in [0.2, 0.25) is 5.88 Å². The highest BCUT2D eigenvalue weighted by molar-refractivity contribution is 7.98. The highest BCUT2D eigenvalue weighted by Gasteiger charge is 2.08. The minimum absolute atomic E-state index is 0.330. The van der Waals surface area contributed by atoms with Crippen molar-refractivity contribution in [2.45, 2.75) is 5.16 Å². The van der Waals surface area contributed by atoms with Crippen LogP contribution in [-0.2, 0) is 0 Å². The van der Waals surface area contributed by atoms with Crippen molar-refractivity contribution in [1.29, 1.82) is 0 Å². The largest absolute Gasteiger partial charge is 0.437 e. The molecule has 0 aliphatic carbocycles. The highest BCUT2D eigenvalue weighted by atomic mass is 35.5. The minimum Gasteiger partial charge on any atom is -0.437 e. The van der Waals surface area contributed by atoms with Gasteiger partial charge in [0.1, 0.15) is 11.6 Å². The number of hydrogen-bond acceptors (Lipinski definition) is 5. The van der Waals surface area contributed by atoms with Gasteiger partial charge in [-0.25, -0.2) is 4.98 Å². The van der Waals surface area contributed by atoms with E-state index in [0.29, 0.717) is 32.6 Å². The number of nitrogens with zero attached hydrogens (tertiary/aromatic N) is 2. The summed E-state index contributed by atoms with van der Waals surface area (Å²) in [6.07, 6.45) is 1.85. The first-order chi connectivity index (χ1) is 8.58. The van der Waals surface area contributed by atoms with Gasteiger partial charge < -0.3 is 10.5 Å². The summed E-state index contributed by atoms with van der Waals surface area (Å²) in [5, 5.41) is 1.51. The zero-order valence-corrected chi connectivity index (χ0v) is 11.7. The SMILES string of the molecule is CSc1nc(N)cc(Oc2cc(Cl)ccc2Cl)n1. The summed E-state index contributed by atoms with van der Waals surface area (Å²) in [7, 11) is 0. The number of benzene rings is 1. The molecule has 0 bridgehead atoms. The maximum Gasteiger partial charge on any atom is 0.225 e. The monoisotopic (exact) mass is 301 g/mol. The van der Waals surface area contributed by atoms with Crippen LogP contribution in [0.5, 0.6) is 11.6 Å². The maximum absolute atomic E-state index is 6.00. The average Bonchev–Trinajstić information content (AvgIpc) is 2.33. The number of nitrogens with two attached hydrogens (primary N) is 1. The maximum atomic E-state index is 6.00. The van der Waals surface area contributed by atoms with Crippen LogP contribution in [0.15, 0.2) is 29.4 Å². The van der Waals surface area contributed by atoms with Gasteiger partial charge in [0.25, 0.3) is 0 Å². The molecule has 7 heteroatoms. The Hall–Kier alpha value is -1.17. The van der Waals surface area contributed by atoms with Crippen LogP contribution in [0.3, 0.4) is 0 Å². The van der Waals surface area contributed by atoms with Crippen molar-refractivity contribution in [3.05, 3.63) is 34.3 Å². The van der Waals surface area contributed by atoms with E-state index in [9.17, 15) is 0 Å². The number of anilines is 1. The third-order valence-electron chi connectivity index (χ3n) is 1.99. The Kier molecular flexibility index (Phi) is 4.16. The molecule has 2 N–H and O–H groups in total. The Morgan fingerprint density at radius 2 is 2.00 bits per heavy atom. The molecule has 0 aliphatic heterocycles. The van der Waals surface area contributed by atoms with Gasteiger partial charge in [-0.3, -0.25) is 0 Å². The number of aromatic nitrogens is 2. The number of halogens is 2. The minimum atomic E-state index is 0.330. The fourth-order valence-corrected chi connectivity index (χ4v) is 1.93. The van der Waals surface area contributed by atoms with Crippen molar-refractivity contribution in [3.8, 4) is 11.6 Å². The average molecular weight is 302 g/mol. The van der Waals surface area contributed by atoms with Gasteiger partial charge >= 0.3 is 0 Å². The van der Waals surface area contributed by atoms with Gasteiger partial charge in [0.05, 0.1) is 5.02 Å². The summed E-state index contributed by atoms with van der Waals surface area (Å²) in [6.45, 7) is 0. The van der Waals surface area contributed by atoms with Crippen molar-refractivity contribution in [1.82, 2.24) is 9.97 Å². The molecule has 0 saturated carbocycles. The van der Waals surface area contributed by atoms with E-state index in [2.05, 4.69) is 9.97 Å². The smallest absolute Gasteiger partial charge is 0.225 e. The fraction of sp³-hybridized carbons (Fsp3) is 0.0909. The quantitative estimate of drug-likeness (QED) is 0.688.